The molecule has 0 aromatic heterocycles. The lowest BCUT2D eigenvalue weighted by molar-refractivity contribution is 0.0904. The van der Waals surface area contributed by atoms with Crippen LogP contribution in [0.3, 0.4) is 0 Å². The molecule has 0 fully saturated rings. The van der Waals surface area contributed by atoms with E-state index in [-0.39, 0.29) is 11.5 Å². The van der Waals surface area contributed by atoms with Crippen LogP contribution in [0.4, 0.5) is 0 Å². The number of aliphatic hydroxyl groups is 1. The van der Waals surface area contributed by atoms with Crippen LogP contribution < -0.4 is 4.74 Å². The SMILES string of the molecule is O=C(CO)c1ccccc1.Oc1cc2ccc1OC2. The highest BCUT2D eigenvalue weighted by Gasteiger charge is 2.09. The summed E-state index contributed by atoms with van der Waals surface area (Å²) in [4.78, 5) is 10.8. The van der Waals surface area contributed by atoms with Crippen LogP contribution in [0.5, 0.6) is 11.5 Å². The number of carbonyl (C=O) groups excluding carboxylic acids is 1. The summed E-state index contributed by atoms with van der Waals surface area (Å²) in [5.41, 5.74) is 1.59. The molecule has 98 valence electrons. The molecule has 2 heterocycles. The molecule has 0 saturated heterocycles. The summed E-state index contributed by atoms with van der Waals surface area (Å²) in [6, 6.07) is 14.2. The first-order chi connectivity index (χ1) is 9.20. The maximum absolute atomic E-state index is 10.8. The number of benzene rings is 2. The molecule has 0 aliphatic carbocycles. The standard InChI is InChI=1S/C8H8O2.C7H6O2/c9-6-8(10)7-4-2-1-3-5-7;8-6-3-5-1-2-7(6)9-4-5/h1-5,9H,6H2;1-3,8H,4H2. The van der Waals surface area contributed by atoms with E-state index in [4.69, 9.17) is 14.9 Å². The molecule has 2 aliphatic heterocycles. The van der Waals surface area contributed by atoms with E-state index in [2.05, 4.69) is 0 Å². The van der Waals surface area contributed by atoms with Gasteiger partial charge in [-0.2, -0.15) is 0 Å². The third-order valence-corrected chi connectivity index (χ3v) is 2.66. The molecular formula is C15H14O4. The van der Waals surface area contributed by atoms with E-state index in [9.17, 15) is 4.79 Å². The van der Waals surface area contributed by atoms with Gasteiger partial charge in [-0.25, -0.2) is 0 Å². The van der Waals surface area contributed by atoms with E-state index in [1.807, 2.05) is 12.1 Å². The molecule has 2 aromatic rings. The molecule has 0 saturated carbocycles. The summed E-state index contributed by atoms with van der Waals surface area (Å²) in [5, 5.41) is 17.5. The van der Waals surface area contributed by atoms with Crippen LogP contribution in [-0.2, 0) is 6.61 Å². The van der Waals surface area contributed by atoms with Crippen molar-refractivity contribution in [2.45, 2.75) is 6.61 Å². The molecule has 2 bridgehead atoms. The Kier molecular flexibility index (Phi) is 4.15. The van der Waals surface area contributed by atoms with Crippen molar-refractivity contribution in [3.05, 3.63) is 59.7 Å². The predicted molar refractivity (Wildman–Crippen MR) is 70.3 cm³/mol. The summed E-state index contributed by atoms with van der Waals surface area (Å²) < 4.78 is 5.06. The number of aromatic hydroxyl groups is 1. The zero-order valence-corrected chi connectivity index (χ0v) is 10.2. The lowest BCUT2D eigenvalue weighted by Gasteiger charge is -2.14. The van der Waals surface area contributed by atoms with Gasteiger partial charge in [0.1, 0.15) is 13.2 Å². The fourth-order valence-corrected chi connectivity index (χ4v) is 1.65. The van der Waals surface area contributed by atoms with E-state index in [0.29, 0.717) is 17.9 Å². The van der Waals surface area contributed by atoms with Crippen LogP contribution in [0.2, 0.25) is 0 Å². The molecule has 19 heavy (non-hydrogen) atoms. The van der Waals surface area contributed by atoms with E-state index in [1.54, 1.807) is 36.4 Å². The van der Waals surface area contributed by atoms with Gasteiger partial charge in [0.05, 0.1) is 0 Å². The first-order valence-corrected chi connectivity index (χ1v) is 5.84. The van der Waals surface area contributed by atoms with Crippen molar-refractivity contribution in [3.63, 3.8) is 0 Å². The smallest absolute Gasteiger partial charge is 0.188 e. The molecule has 4 heteroatoms. The van der Waals surface area contributed by atoms with Crippen LogP contribution in [0.1, 0.15) is 15.9 Å². The van der Waals surface area contributed by atoms with Gasteiger partial charge < -0.3 is 14.9 Å². The number of hydrogen-bond acceptors (Lipinski definition) is 4. The number of phenolic OH excluding ortho intramolecular Hbond substituents is 1. The van der Waals surface area contributed by atoms with Gasteiger partial charge in [0.15, 0.2) is 17.3 Å². The normalized spacial score (nSPS) is 11.2. The minimum absolute atomic E-state index is 0.236. The highest BCUT2D eigenvalue weighted by atomic mass is 16.5. The Bertz CT molecular complexity index is 564. The second kappa shape index (κ2) is 6.02. The monoisotopic (exact) mass is 258 g/mol. The van der Waals surface area contributed by atoms with E-state index < -0.39 is 6.61 Å². The van der Waals surface area contributed by atoms with Gasteiger partial charge in [0.25, 0.3) is 0 Å². The first kappa shape index (κ1) is 13.1. The minimum atomic E-state index is -0.413. The summed E-state index contributed by atoms with van der Waals surface area (Å²) in [5.74, 6) is 0.601. The number of aliphatic hydroxyl groups excluding tert-OH is 1. The van der Waals surface area contributed by atoms with Crippen LogP contribution in [0.15, 0.2) is 48.5 Å². The van der Waals surface area contributed by atoms with Gasteiger partial charge in [0.2, 0.25) is 0 Å². The molecule has 4 rings (SSSR count). The first-order valence-electron chi connectivity index (χ1n) is 5.84. The number of rotatable bonds is 2. The van der Waals surface area contributed by atoms with E-state index in [1.165, 1.54) is 0 Å². The van der Waals surface area contributed by atoms with Crippen molar-refractivity contribution in [2.75, 3.05) is 6.61 Å². The Morgan fingerprint density at radius 3 is 2.26 bits per heavy atom. The zero-order chi connectivity index (χ0) is 13.7. The maximum atomic E-state index is 10.8. The third-order valence-electron chi connectivity index (χ3n) is 2.66. The molecule has 0 atom stereocenters. The molecule has 2 aromatic carbocycles. The van der Waals surface area contributed by atoms with Gasteiger partial charge in [-0.1, -0.05) is 36.4 Å². The van der Waals surface area contributed by atoms with Gasteiger partial charge in [-0.3, -0.25) is 4.79 Å². The van der Waals surface area contributed by atoms with E-state index in [0.717, 1.165) is 5.56 Å². The van der Waals surface area contributed by atoms with Crippen molar-refractivity contribution in [1.82, 2.24) is 0 Å². The average Bonchev–Trinajstić information content (AvgIpc) is 2.49. The Labute approximate surface area is 110 Å². The third kappa shape index (κ3) is 3.33. The second-order valence-corrected chi connectivity index (χ2v) is 4.04. The number of ketones is 1. The zero-order valence-electron chi connectivity index (χ0n) is 10.2. The van der Waals surface area contributed by atoms with Gasteiger partial charge in [0, 0.05) is 5.56 Å². The van der Waals surface area contributed by atoms with Crippen molar-refractivity contribution in [2.24, 2.45) is 0 Å². The number of carbonyl (C=O) groups is 1. The fraction of sp³-hybridized carbons (Fsp3) is 0.133. The number of Topliss-reactive ketones (excluding diaryl/α,β-unsaturated/α-hetero) is 1. The molecule has 2 N–H and O–H groups in total. The van der Waals surface area contributed by atoms with Crippen molar-refractivity contribution in [3.8, 4) is 11.5 Å². The molecule has 0 unspecified atom stereocenters. The molecule has 4 nitrogen and oxygen atoms in total. The molecule has 0 amide bonds. The van der Waals surface area contributed by atoms with Crippen molar-refractivity contribution >= 4 is 5.78 Å². The quantitative estimate of drug-likeness (QED) is 0.810. The molecule has 2 aliphatic rings. The lowest BCUT2D eigenvalue weighted by Crippen LogP contribution is -2.02. The van der Waals surface area contributed by atoms with Gasteiger partial charge in [-0.15, -0.1) is 0 Å². The van der Waals surface area contributed by atoms with Crippen LogP contribution >= 0.6 is 0 Å². The lowest BCUT2D eigenvalue weighted by atomic mass is 10.1. The number of ether oxygens (including phenoxy) is 1. The number of fused-ring (bicyclic) bond motifs is 3. The average molecular weight is 258 g/mol. The summed E-state index contributed by atoms with van der Waals surface area (Å²) in [6.45, 7) is 0.194. The predicted octanol–water partition coefficient (Wildman–Crippen LogP) is 2.15. The van der Waals surface area contributed by atoms with Gasteiger partial charge >= 0.3 is 0 Å². The highest BCUT2D eigenvalue weighted by Crippen LogP contribution is 2.31. The van der Waals surface area contributed by atoms with Gasteiger partial charge in [-0.05, 0) is 17.7 Å². The highest BCUT2D eigenvalue weighted by molar-refractivity contribution is 5.96. The largest absolute Gasteiger partial charge is 0.504 e. The maximum Gasteiger partial charge on any atom is 0.188 e. The van der Waals surface area contributed by atoms with Crippen LogP contribution in [0, 0.1) is 0 Å². The Balaban J connectivity index is 0.000000141. The molecule has 0 spiro atoms. The Morgan fingerprint density at radius 2 is 1.89 bits per heavy atom. The minimum Gasteiger partial charge on any atom is -0.504 e. The van der Waals surface area contributed by atoms with E-state index >= 15 is 0 Å². The Morgan fingerprint density at radius 1 is 1.16 bits per heavy atom. The summed E-state index contributed by atoms with van der Waals surface area (Å²) in [7, 11) is 0. The molecule has 0 radical (unpaired) electrons. The number of phenols is 1. The van der Waals surface area contributed by atoms with Crippen LogP contribution in [0.25, 0.3) is 0 Å². The van der Waals surface area contributed by atoms with Crippen molar-refractivity contribution in [1.29, 1.82) is 0 Å². The molecular weight excluding hydrogens is 244 g/mol. The van der Waals surface area contributed by atoms with Crippen molar-refractivity contribution < 1.29 is 19.7 Å². The fourth-order valence-electron chi connectivity index (χ4n) is 1.65. The number of hydrogen-bond donors (Lipinski definition) is 2. The topological polar surface area (TPSA) is 66.8 Å². The summed E-state index contributed by atoms with van der Waals surface area (Å²) in [6.07, 6.45) is 0. The second-order valence-electron chi connectivity index (χ2n) is 4.04. The van der Waals surface area contributed by atoms with Crippen LogP contribution in [-0.4, -0.2) is 22.6 Å². The summed E-state index contributed by atoms with van der Waals surface area (Å²) >= 11 is 0. The Hall–Kier alpha value is -2.33.